The van der Waals surface area contributed by atoms with Crippen molar-refractivity contribution in [2.75, 3.05) is 0 Å². The Morgan fingerprint density at radius 3 is 2.35 bits per heavy atom. The molecule has 20 heavy (non-hydrogen) atoms. The van der Waals surface area contributed by atoms with Crippen molar-refractivity contribution in [2.24, 2.45) is 0 Å². The third-order valence-corrected chi connectivity index (χ3v) is 3.80. The lowest BCUT2D eigenvalue weighted by Gasteiger charge is -2.09. The van der Waals surface area contributed by atoms with E-state index >= 15 is 0 Å². The SMILES string of the molecule is Cc1c(C(=O)c2ccc(Cl)cc2)ccc2ccccc12. The number of carbonyl (C=O) groups excluding carboxylic acids is 1. The molecule has 0 aromatic heterocycles. The van der Waals surface area contributed by atoms with Gasteiger partial charge in [0.05, 0.1) is 0 Å². The predicted octanol–water partition coefficient (Wildman–Crippen LogP) is 5.03. The van der Waals surface area contributed by atoms with Crippen molar-refractivity contribution < 1.29 is 4.79 Å². The van der Waals surface area contributed by atoms with Crippen molar-refractivity contribution in [3.8, 4) is 0 Å². The maximum Gasteiger partial charge on any atom is 0.193 e. The van der Waals surface area contributed by atoms with E-state index in [9.17, 15) is 4.79 Å². The largest absolute Gasteiger partial charge is 0.289 e. The standard InChI is InChI=1S/C18H13ClO/c1-12-16-5-3-2-4-13(16)8-11-17(12)18(20)14-6-9-15(19)10-7-14/h2-11H,1H3. The molecular formula is C18H13ClO. The van der Waals surface area contributed by atoms with Crippen LogP contribution in [0.3, 0.4) is 0 Å². The molecule has 0 aliphatic heterocycles. The van der Waals surface area contributed by atoms with Crippen molar-refractivity contribution >= 4 is 28.2 Å². The highest BCUT2D eigenvalue weighted by Gasteiger charge is 2.13. The Morgan fingerprint density at radius 1 is 0.900 bits per heavy atom. The van der Waals surface area contributed by atoms with E-state index in [2.05, 4.69) is 6.07 Å². The van der Waals surface area contributed by atoms with Crippen LogP contribution in [-0.4, -0.2) is 5.78 Å². The fraction of sp³-hybridized carbons (Fsp3) is 0.0556. The van der Waals surface area contributed by atoms with Crippen molar-refractivity contribution in [3.05, 3.63) is 82.4 Å². The lowest BCUT2D eigenvalue weighted by atomic mass is 9.94. The molecular weight excluding hydrogens is 268 g/mol. The molecule has 0 radical (unpaired) electrons. The highest BCUT2D eigenvalue weighted by Crippen LogP contribution is 2.24. The Labute approximate surface area is 122 Å². The molecule has 3 rings (SSSR count). The molecule has 98 valence electrons. The number of halogens is 1. The van der Waals surface area contributed by atoms with E-state index in [1.165, 1.54) is 0 Å². The number of aryl methyl sites for hydroxylation is 1. The summed E-state index contributed by atoms with van der Waals surface area (Å²) in [5, 5.41) is 2.90. The van der Waals surface area contributed by atoms with Gasteiger partial charge in [0.2, 0.25) is 0 Å². The second-order valence-electron chi connectivity index (χ2n) is 4.80. The molecule has 0 saturated heterocycles. The van der Waals surface area contributed by atoms with Crippen LogP contribution < -0.4 is 0 Å². The molecule has 0 spiro atoms. The van der Waals surface area contributed by atoms with Crippen LogP contribution in [0.15, 0.2) is 60.7 Å². The highest BCUT2D eigenvalue weighted by molar-refractivity contribution is 6.30. The van der Waals surface area contributed by atoms with E-state index in [4.69, 9.17) is 11.6 Å². The van der Waals surface area contributed by atoms with E-state index in [-0.39, 0.29) is 5.78 Å². The summed E-state index contributed by atoms with van der Waals surface area (Å²) in [6.07, 6.45) is 0. The number of hydrogen-bond donors (Lipinski definition) is 0. The zero-order valence-corrected chi connectivity index (χ0v) is 11.8. The molecule has 2 heteroatoms. The van der Waals surface area contributed by atoms with E-state index in [1.807, 2.05) is 37.3 Å². The van der Waals surface area contributed by atoms with Crippen LogP contribution in [0.2, 0.25) is 5.02 Å². The Bertz CT molecular complexity index is 788. The molecule has 0 amide bonds. The average molecular weight is 281 g/mol. The predicted molar refractivity (Wildman–Crippen MR) is 83.6 cm³/mol. The quantitative estimate of drug-likeness (QED) is 0.602. The van der Waals surface area contributed by atoms with Crippen LogP contribution in [0, 0.1) is 6.92 Å². The fourth-order valence-corrected chi connectivity index (χ4v) is 2.56. The molecule has 0 atom stereocenters. The Hall–Kier alpha value is -2.12. The smallest absolute Gasteiger partial charge is 0.193 e. The van der Waals surface area contributed by atoms with Crippen molar-refractivity contribution in [2.45, 2.75) is 6.92 Å². The second kappa shape index (κ2) is 5.10. The Morgan fingerprint density at radius 2 is 1.60 bits per heavy atom. The molecule has 3 aromatic carbocycles. The van der Waals surface area contributed by atoms with Gasteiger partial charge in [-0.15, -0.1) is 0 Å². The van der Waals surface area contributed by atoms with E-state index in [0.717, 1.165) is 21.9 Å². The van der Waals surface area contributed by atoms with Crippen LogP contribution in [-0.2, 0) is 0 Å². The molecule has 0 aliphatic rings. The van der Waals surface area contributed by atoms with Gasteiger partial charge in [0, 0.05) is 16.1 Å². The summed E-state index contributed by atoms with van der Waals surface area (Å²) in [5.41, 5.74) is 2.42. The second-order valence-corrected chi connectivity index (χ2v) is 5.23. The van der Waals surface area contributed by atoms with Crippen molar-refractivity contribution in [1.82, 2.24) is 0 Å². The minimum Gasteiger partial charge on any atom is -0.289 e. The van der Waals surface area contributed by atoms with Crippen LogP contribution in [0.5, 0.6) is 0 Å². The van der Waals surface area contributed by atoms with E-state index in [1.54, 1.807) is 24.3 Å². The number of rotatable bonds is 2. The molecule has 1 nitrogen and oxygen atoms in total. The lowest BCUT2D eigenvalue weighted by Crippen LogP contribution is -2.03. The molecule has 0 heterocycles. The number of benzene rings is 3. The highest BCUT2D eigenvalue weighted by atomic mass is 35.5. The van der Waals surface area contributed by atoms with Gasteiger partial charge in [0.1, 0.15) is 0 Å². The summed E-state index contributed by atoms with van der Waals surface area (Å²) in [4.78, 5) is 12.6. The van der Waals surface area contributed by atoms with Gasteiger partial charge >= 0.3 is 0 Å². The topological polar surface area (TPSA) is 17.1 Å². The summed E-state index contributed by atoms with van der Waals surface area (Å²) in [6, 6.07) is 19.0. The maximum atomic E-state index is 12.6. The first-order valence-corrected chi connectivity index (χ1v) is 6.83. The molecule has 0 unspecified atom stereocenters. The van der Waals surface area contributed by atoms with Gasteiger partial charge in [-0.05, 0) is 47.5 Å². The number of carbonyl (C=O) groups is 1. The monoisotopic (exact) mass is 280 g/mol. The third kappa shape index (κ3) is 2.21. The molecule has 0 fully saturated rings. The van der Waals surface area contributed by atoms with Gasteiger partial charge in [0.15, 0.2) is 5.78 Å². The van der Waals surface area contributed by atoms with Gasteiger partial charge in [-0.3, -0.25) is 4.79 Å². The first-order chi connectivity index (χ1) is 9.66. The number of ketones is 1. The third-order valence-electron chi connectivity index (χ3n) is 3.55. The summed E-state index contributed by atoms with van der Waals surface area (Å²) in [7, 11) is 0. The van der Waals surface area contributed by atoms with Crippen LogP contribution in [0.1, 0.15) is 21.5 Å². The minimum absolute atomic E-state index is 0.0323. The summed E-state index contributed by atoms with van der Waals surface area (Å²) in [5.74, 6) is 0.0323. The summed E-state index contributed by atoms with van der Waals surface area (Å²) in [6.45, 7) is 1.99. The van der Waals surface area contributed by atoms with Gasteiger partial charge < -0.3 is 0 Å². The Balaban J connectivity index is 2.12. The molecule has 0 aliphatic carbocycles. The first kappa shape index (κ1) is 12.9. The molecule has 3 aromatic rings. The minimum atomic E-state index is 0.0323. The van der Waals surface area contributed by atoms with Gasteiger partial charge in [-0.25, -0.2) is 0 Å². The zero-order chi connectivity index (χ0) is 14.1. The van der Waals surface area contributed by atoms with Gasteiger partial charge in [-0.2, -0.15) is 0 Å². The number of fused-ring (bicyclic) bond motifs is 1. The van der Waals surface area contributed by atoms with Gasteiger partial charge in [-0.1, -0.05) is 48.0 Å². The average Bonchev–Trinajstić information content (AvgIpc) is 2.48. The first-order valence-electron chi connectivity index (χ1n) is 6.45. The Kier molecular flexibility index (Phi) is 3.29. The fourth-order valence-electron chi connectivity index (χ4n) is 2.43. The number of hydrogen-bond acceptors (Lipinski definition) is 1. The van der Waals surface area contributed by atoms with Crippen molar-refractivity contribution in [3.63, 3.8) is 0 Å². The maximum absolute atomic E-state index is 12.6. The lowest BCUT2D eigenvalue weighted by molar-refractivity contribution is 0.103. The van der Waals surface area contributed by atoms with E-state index in [0.29, 0.717) is 10.6 Å². The van der Waals surface area contributed by atoms with Crippen molar-refractivity contribution in [1.29, 1.82) is 0 Å². The molecule has 0 bridgehead atoms. The van der Waals surface area contributed by atoms with Crippen LogP contribution in [0.25, 0.3) is 10.8 Å². The summed E-state index contributed by atoms with van der Waals surface area (Å²) >= 11 is 5.86. The zero-order valence-electron chi connectivity index (χ0n) is 11.1. The van der Waals surface area contributed by atoms with Gasteiger partial charge in [0.25, 0.3) is 0 Å². The molecule has 0 N–H and O–H groups in total. The summed E-state index contributed by atoms with van der Waals surface area (Å²) < 4.78 is 0. The van der Waals surface area contributed by atoms with Crippen LogP contribution >= 0.6 is 11.6 Å². The normalized spacial score (nSPS) is 10.7. The molecule has 0 saturated carbocycles. The van der Waals surface area contributed by atoms with E-state index < -0.39 is 0 Å². The van der Waals surface area contributed by atoms with Crippen LogP contribution in [0.4, 0.5) is 0 Å².